The second-order valence-corrected chi connectivity index (χ2v) is 4.75. The Morgan fingerprint density at radius 1 is 1.24 bits per heavy atom. The van der Waals surface area contributed by atoms with Gasteiger partial charge in [0.2, 0.25) is 5.82 Å². The van der Waals surface area contributed by atoms with E-state index in [0.717, 1.165) is 19.3 Å². The van der Waals surface area contributed by atoms with Crippen LogP contribution in [0, 0.1) is 0 Å². The van der Waals surface area contributed by atoms with Gasteiger partial charge in [-0.1, -0.05) is 33.6 Å². The molecule has 0 aromatic carbocycles. The molecule has 0 unspecified atom stereocenters. The molecule has 0 atom stereocenters. The normalized spacial score (nSPS) is 12.8. The summed E-state index contributed by atoms with van der Waals surface area (Å²) in [7, 11) is 0. The Hall–Kier alpha value is -1.13. The maximum atomic E-state index is 12.5. The van der Waals surface area contributed by atoms with Crippen LogP contribution in [0.2, 0.25) is 0 Å². The molecule has 17 heavy (non-hydrogen) atoms. The van der Waals surface area contributed by atoms with Crippen LogP contribution in [0.4, 0.5) is 13.2 Å². The van der Waals surface area contributed by atoms with Gasteiger partial charge in [-0.3, -0.25) is 0 Å². The molecule has 0 N–H and O–H groups in total. The molecule has 0 aliphatic heterocycles. The molecule has 0 saturated heterocycles. The fourth-order valence-electron chi connectivity index (χ4n) is 1.62. The van der Waals surface area contributed by atoms with Gasteiger partial charge < -0.3 is 0 Å². The average molecular weight is 246 g/mol. The number of unbranched alkanes of at least 4 members (excludes halogenated alkanes) is 1. The van der Waals surface area contributed by atoms with E-state index in [0.29, 0.717) is 5.69 Å². The van der Waals surface area contributed by atoms with Gasteiger partial charge in [0.25, 0.3) is 0 Å². The standard InChI is InChI=1S/C12H17F3N2/c1-4-5-7-11(2,3)9-6-8-16-10(17-9)12(13,14)15/h6,8H,4-5,7H2,1-3H3. The molecule has 0 aliphatic carbocycles. The Labute approximate surface area is 99.3 Å². The van der Waals surface area contributed by atoms with Crippen molar-refractivity contribution in [2.75, 3.05) is 0 Å². The first-order chi connectivity index (χ1) is 7.77. The van der Waals surface area contributed by atoms with Crippen molar-refractivity contribution in [3.63, 3.8) is 0 Å². The Balaban J connectivity index is 2.98. The first kappa shape index (κ1) is 13.9. The molecule has 1 aromatic heterocycles. The summed E-state index contributed by atoms with van der Waals surface area (Å²) in [6.07, 6.45) is -0.494. The number of hydrogen-bond acceptors (Lipinski definition) is 2. The number of hydrogen-bond donors (Lipinski definition) is 0. The Bertz CT molecular complexity index is 372. The highest BCUT2D eigenvalue weighted by molar-refractivity contribution is 5.14. The van der Waals surface area contributed by atoms with Crippen LogP contribution in [0.5, 0.6) is 0 Å². The highest BCUT2D eigenvalue weighted by Gasteiger charge is 2.35. The minimum Gasteiger partial charge on any atom is -0.233 e. The van der Waals surface area contributed by atoms with Crippen LogP contribution >= 0.6 is 0 Å². The summed E-state index contributed by atoms with van der Waals surface area (Å²) < 4.78 is 37.4. The Morgan fingerprint density at radius 3 is 2.41 bits per heavy atom. The number of alkyl halides is 3. The van der Waals surface area contributed by atoms with Gasteiger partial charge in [-0.05, 0) is 12.5 Å². The lowest BCUT2D eigenvalue weighted by atomic mass is 9.84. The quantitative estimate of drug-likeness (QED) is 0.803. The van der Waals surface area contributed by atoms with E-state index in [1.165, 1.54) is 6.20 Å². The number of aromatic nitrogens is 2. The van der Waals surface area contributed by atoms with E-state index in [9.17, 15) is 13.2 Å². The fraction of sp³-hybridized carbons (Fsp3) is 0.667. The molecule has 0 saturated carbocycles. The van der Waals surface area contributed by atoms with Gasteiger partial charge >= 0.3 is 6.18 Å². The van der Waals surface area contributed by atoms with Crippen molar-refractivity contribution in [1.82, 2.24) is 9.97 Å². The van der Waals surface area contributed by atoms with Crippen LogP contribution in [0.1, 0.15) is 51.6 Å². The zero-order chi connectivity index (χ0) is 13.1. The van der Waals surface area contributed by atoms with Crippen LogP contribution in [0.3, 0.4) is 0 Å². The molecule has 0 amide bonds. The van der Waals surface area contributed by atoms with Crippen molar-refractivity contribution in [2.45, 2.75) is 51.6 Å². The van der Waals surface area contributed by atoms with Crippen LogP contribution in [0.25, 0.3) is 0 Å². The number of halogens is 3. The van der Waals surface area contributed by atoms with Crippen LogP contribution in [-0.4, -0.2) is 9.97 Å². The summed E-state index contributed by atoms with van der Waals surface area (Å²) in [5.41, 5.74) is 0.104. The van der Waals surface area contributed by atoms with Gasteiger partial charge in [0, 0.05) is 11.6 Å². The van der Waals surface area contributed by atoms with Crippen LogP contribution < -0.4 is 0 Å². The van der Waals surface area contributed by atoms with Crippen molar-refractivity contribution in [2.24, 2.45) is 0 Å². The highest BCUT2D eigenvalue weighted by Crippen LogP contribution is 2.30. The summed E-state index contributed by atoms with van der Waals surface area (Å²) in [6, 6.07) is 1.56. The minimum absolute atomic E-state index is 0.348. The first-order valence-electron chi connectivity index (χ1n) is 5.68. The molecule has 2 nitrogen and oxygen atoms in total. The second kappa shape index (κ2) is 5.02. The van der Waals surface area contributed by atoms with E-state index in [2.05, 4.69) is 16.9 Å². The molecular formula is C12H17F3N2. The van der Waals surface area contributed by atoms with E-state index < -0.39 is 12.0 Å². The smallest absolute Gasteiger partial charge is 0.233 e. The van der Waals surface area contributed by atoms with Crippen molar-refractivity contribution in [3.8, 4) is 0 Å². The monoisotopic (exact) mass is 246 g/mol. The number of nitrogens with zero attached hydrogens (tertiary/aromatic N) is 2. The lowest BCUT2D eigenvalue weighted by molar-refractivity contribution is -0.145. The molecular weight excluding hydrogens is 229 g/mol. The van der Waals surface area contributed by atoms with Gasteiger partial charge in [-0.25, -0.2) is 9.97 Å². The predicted octanol–water partition coefficient (Wildman–Crippen LogP) is 3.96. The maximum absolute atomic E-state index is 12.5. The van der Waals surface area contributed by atoms with Crippen molar-refractivity contribution < 1.29 is 13.2 Å². The number of rotatable bonds is 4. The van der Waals surface area contributed by atoms with Crippen molar-refractivity contribution >= 4 is 0 Å². The molecule has 0 spiro atoms. The van der Waals surface area contributed by atoms with E-state index in [1.807, 2.05) is 13.8 Å². The van der Waals surface area contributed by atoms with E-state index in [1.54, 1.807) is 6.07 Å². The fourth-order valence-corrected chi connectivity index (χ4v) is 1.62. The largest absolute Gasteiger partial charge is 0.451 e. The molecule has 0 radical (unpaired) electrons. The molecule has 0 aliphatic rings. The van der Waals surface area contributed by atoms with Crippen LogP contribution in [-0.2, 0) is 11.6 Å². The maximum Gasteiger partial charge on any atom is 0.451 e. The van der Waals surface area contributed by atoms with Gasteiger partial charge in [-0.2, -0.15) is 13.2 Å². The van der Waals surface area contributed by atoms with Gasteiger partial charge in [0.1, 0.15) is 0 Å². The van der Waals surface area contributed by atoms with Gasteiger partial charge in [-0.15, -0.1) is 0 Å². The molecule has 96 valence electrons. The summed E-state index contributed by atoms with van der Waals surface area (Å²) in [5, 5.41) is 0. The van der Waals surface area contributed by atoms with Gasteiger partial charge in [0.05, 0.1) is 5.69 Å². The van der Waals surface area contributed by atoms with Crippen LogP contribution in [0.15, 0.2) is 12.3 Å². The Kier molecular flexibility index (Phi) is 4.11. The predicted molar refractivity (Wildman–Crippen MR) is 59.6 cm³/mol. The molecule has 5 heteroatoms. The molecule has 0 fully saturated rings. The summed E-state index contributed by atoms with van der Waals surface area (Å²) in [5.74, 6) is -1.06. The van der Waals surface area contributed by atoms with E-state index >= 15 is 0 Å². The third-order valence-electron chi connectivity index (χ3n) is 2.76. The molecule has 1 heterocycles. The third-order valence-corrected chi connectivity index (χ3v) is 2.76. The SMILES string of the molecule is CCCCC(C)(C)c1ccnc(C(F)(F)F)n1. The molecule has 0 bridgehead atoms. The summed E-state index contributed by atoms with van der Waals surface area (Å²) in [4.78, 5) is 6.90. The molecule has 1 rings (SSSR count). The van der Waals surface area contributed by atoms with E-state index in [-0.39, 0.29) is 5.41 Å². The Morgan fingerprint density at radius 2 is 1.88 bits per heavy atom. The lowest BCUT2D eigenvalue weighted by Crippen LogP contribution is -2.22. The zero-order valence-corrected chi connectivity index (χ0v) is 10.3. The lowest BCUT2D eigenvalue weighted by Gasteiger charge is -2.24. The zero-order valence-electron chi connectivity index (χ0n) is 10.3. The van der Waals surface area contributed by atoms with Crippen molar-refractivity contribution in [1.29, 1.82) is 0 Å². The summed E-state index contributed by atoms with van der Waals surface area (Å²) >= 11 is 0. The second-order valence-electron chi connectivity index (χ2n) is 4.75. The van der Waals surface area contributed by atoms with E-state index in [4.69, 9.17) is 0 Å². The third kappa shape index (κ3) is 3.68. The average Bonchev–Trinajstić information content (AvgIpc) is 2.25. The van der Waals surface area contributed by atoms with Gasteiger partial charge in [0.15, 0.2) is 0 Å². The first-order valence-corrected chi connectivity index (χ1v) is 5.68. The minimum atomic E-state index is -4.48. The topological polar surface area (TPSA) is 25.8 Å². The molecule has 1 aromatic rings. The summed E-state index contributed by atoms with van der Waals surface area (Å²) in [6.45, 7) is 5.87. The highest BCUT2D eigenvalue weighted by atomic mass is 19.4. The van der Waals surface area contributed by atoms with Crippen molar-refractivity contribution in [3.05, 3.63) is 23.8 Å².